The van der Waals surface area contributed by atoms with Crippen LogP contribution in [-0.4, -0.2) is 88.9 Å². The van der Waals surface area contributed by atoms with Crippen LogP contribution in [0.4, 0.5) is 5.69 Å². The summed E-state index contributed by atoms with van der Waals surface area (Å²) in [5.74, 6) is -3.42. The van der Waals surface area contributed by atoms with Crippen LogP contribution in [0.15, 0.2) is 24.3 Å². The Morgan fingerprint density at radius 2 is 1.90 bits per heavy atom. The summed E-state index contributed by atoms with van der Waals surface area (Å²) in [5, 5.41) is 33.0. The number of phenols is 2. The average Bonchev–Trinajstić information content (AvgIpc) is 3.22. The Morgan fingerprint density at radius 1 is 1.19 bits per heavy atom. The van der Waals surface area contributed by atoms with Crippen molar-refractivity contribution < 1.29 is 48.5 Å². The fourth-order valence-corrected chi connectivity index (χ4v) is 8.25. The number of allylic oxidation sites excluding steroid dienone is 2. The summed E-state index contributed by atoms with van der Waals surface area (Å²) in [6, 6.07) is 2.28. The smallest absolute Gasteiger partial charge is 0.342 e. The first-order valence-corrected chi connectivity index (χ1v) is 14.5. The van der Waals surface area contributed by atoms with Gasteiger partial charge in [-0.1, -0.05) is 13.0 Å². The minimum Gasteiger partial charge on any atom is -0.506 e. The molecule has 1 aromatic carbocycles. The number of carboxylic acids is 1. The van der Waals surface area contributed by atoms with E-state index >= 15 is 0 Å². The van der Waals surface area contributed by atoms with E-state index in [1.54, 1.807) is 6.08 Å². The molecule has 6 rings (SSSR count). The van der Waals surface area contributed by atoms with Gasteiger partial charge in [-0.25, -0.2) is 4.79 Å². The molecule has 0 radical (unpaired) electrons. The van der Waals surface area contributed by atoms with Crippen LogP contribution in [-0.2, 0) is 23.9 Å². The second-order valence-corrected chi connectivity index (χ2v) is 14.1. The van der Waals surface area contributed by atoms with E-state index < -0.39 is 47.3 Å². The van der Waals surface area contributed by atoms with Crippen molar-refractivity contribution in [2.75, 3.05) is 33.0 Å². The number of quaternary nitrogens is 1. The van der Waals surface area contributed by atoms with Crippen LogP contribution >= 0.6 is 0 Å². The third-order valence-electron chi connectivity index (χ3n) is 9.85. The molecular formula is C31H41N2O9+. The first-order chi connectivity index (χ1) is 19.5. The largest absolute Gasteiger partial charge is 0.506 e. The predicted molar refractivity (Wildman–Crippen MR) is 151 cm³/mol. The molecular weight excluding hydrogens is 544 g/mol. The van der Waals surface area contributed by atoms with Gasteiger partial charge in [0.25, 0.3) is 0 Å². The number of nitrogens with one attached hydrogen (secondary N) is 1. The molecule has 5 aliphatic rings. The number of carbonyl (C=O) groups excluding carboxylic acids is 3. The molecule has 4 N–H and O–H groups in total. The van der Waals surface area contributed by atoms with E-state index in [9.17, 15) is 34.5 Å². The van der Waals surface area contributed by atoms with Gasteiger partial charge in [0.2, 0.25) is 5.91 Å². The summed E-state index contributed by atoms with van der Waals surface area (Å²) in [5.41, 5.74) is -1.78. The highest BCUT2D eigenvalue weighted by Gasteiger charge is 2.71. The molecule has 1 aromatic rings. The molecule has 228 valence electrons. The van der Waals surface area contributed by atoms with E-state index in [1.165, 1.54) is 0 Å². The molecule has 11 nitrogen and oxygen atoms in total. The number of carbonyl (C=O) groups is 4. The number of hydrogen-bond donors (Lipinski definition) is 4. The zero-order valence-electron chi connectivity index (χ0n) is 24.8. The molecule has 42 heavy (non-hydrogen) atoms. The van der Waals surface area contributed by atoms with Crippen LogP contribution in [0, 0.1) is 22.7 Å². The van der Waals surface area contributed by atoms with E-state index in [-0.39, 0.29) is 59.5 Å². The van der Waals surface area contributed by atoms with Crippen molar-refractivity contribution in [1.29, 1.82) is 0 Å². The quantitative estimate of drug-likeness (QED) is 0.184. The van der Waals surface area contributed by atoms with Gasteiger partial charge in [0, 0.05) is 17.8 Å². The van der Waals surface area contributed by atoms with Crippen LogP contribution in [0.5, 0.6) is 11.5 Å². The predicted octanol–water partition coefficient (Wildman–Crippen LogP) is 3.24. The van der Waals surface area contributed by atoms with Gasteiger partial charge in [-0.05, 0) is 62.1 Å². The zero-order valence-corrected chi connectivity index (χ0v) is 24.8. The number of aromatic hydroxyl groups is 2. The fourth-order valence-electron chi connectivity index (χ4n) is 8.25. The number of hydrogen-bond acceptors (Lipinski definition) is 8. The Kier molecular flexibility index (Phi) is 7.21. The maximum Gasteiger partial charge on any atom is 0.342 e. The summed E-state index contributed by atoms with van der Waals surface area (Å²) < 4.78 is 12.2. The number of ketones is 1. The maximum atomic E-state index is 13.3. The van der Waals surface area contributed by atoms with Crippen molar-refractivity contribution >= 4 is 29.3 Å². The molecule has 3 aliphatic carbocycles. The van der Waals surface area contributed by atoms with Gasteiger partial charge in [0.15, 0.2) is 17.6 Å². The van der Waals surface area contributed by atoms with Crippen molar-refractivity contribution in [3.8, 4) is 11.5 Å². The van der Waals surface area contributed by atoms with Crippen LogP contribution in [0.1, 0.15) is 62.7 Å². The van der Waals surface area contributed by atoms with Gasteiger partial charge in [-0.2, -0.15) is 0 Å². The monoisotopic (exact) mass is 585 g/mol. The van der Waals surface area contributed by atoms with Crippen LogP contribution < -0.4 is 5.32 Å². The Labute approximate surface area is 245 Å². The van der Waals surface area contributed by atoms with Crippen molar-refractivity contribution in [3.05, 3.63) is 29.8 Å². The topological polar surface area (TPSA) is 159 Å². The van der Waals surface area contributed by atoms with E-state index in [2.05, 4.69) is 18.3 Å². The number of esters is 1. The Morgan fingerprint density at radius 3 is 2.55 bits per heavy atom. The van der Waals surface area contributed by atoms with Crippen LogP contribution in [0.2, 0.25) is 0 Å². The molecule has 1 amide bonds. The minimum absolute atomic E-state index is 0.0336. The van der Waals surface area contributed by atoms with Gasteiger partial charge in [-0.3, -0.25) is 14.4 Å². The Bertz CT molecular complexity index is 1370. The SMILES string of the molecule is C[C@]12C[C@@]34C=CC(=O)[C@@](C)(CCC(=O)Nc5c(O)ccc(C(=O)OC(CC(=O)O)C[N+](C)(C)C)c5O)[C@@H]3[C@H](C[C@@H]1C4)O2. The number of nitrogens with zero attached hydrogens (tertiary/aromatic N) is 1. The number of ether oxygens (including phenoxy) is 2. The first kappa shape index (κ1) is 30.0. The minimum atomic E-state index is -1.14. The van der Waals surface area contributed by atoms with Crippen LogP contribution in [0.3, 0.4) is 0 Å². The van der Waals surface area contributed by atoms with Crippen molar-refractivity contribution in [2.45, 2.75) is 70.2 Å². The molecule has 2 saturated heterocycles. The molecule has 2 heterocycles. The molecule has 2 aliphatic heterocycles. The lowest BCUT2D eigenvalue weighted by Crippen LogP contribution is -2.56. The third kappa shape index (κ3) is 5.17. The molecule has 1 spiro atoms. The number of anilines is 1. The third-order valence-corrected chi connectivity index (χ3v) is 9.85. The summed E-state index contributed by atoms with van der Waals surface area (Å²) in [6.45, 7) is 4.28. The highest BCUT2D eigenvalue weighted by atomic mass is 16.5. The lowest BCUT2D eigenvalue weighted by molar-refractivity contribution is -0.873. The van der Waals surface area contributed by atoms with E-state index in [4.69, 9.17) is 9.47 Å². The summed E-state index contributed by atoms with van der Waals surface area (Å²) in [4.78, 5) is 50.6. The Balaban J connectivity index is 1.29. The normalized spacial score (nSPS) is 33.4. The highest BCUT2D eigenvalue weighted by molar-refractivity contribution is 6.01. The second-order valence-electron chi connectivity index (χ2n) is 14.1. The standard InChI is InChI=1S/C31H40N2O9/c1-29(22(35)8-11-31-14-17-12-21(27(29)31)42-30(17,2)16-31)10-9-23(36)32-25-20(34)7-6-19(26(25)39)28(40)41-18(13-24(37)38)15-33(3,4)5/h6-8,11,17-18,21,27H,9-10,12-16H2,1-5H3,(H3-,32,34,36,37,38,39,40)/p+1/t17-,18?,21+,27+,29-,30+,31+/m1/s1. The Hall–Kier alpha value is -3.44. The lowest BCUT2D eigenvalue weighted by atomic mass is 9.51. The summed E-state index contributed by atoms with van der Waals surface area (Å²) in [7, 11) is 5.46. The number of carboxylic acid groups (broad SMARTS) is 1. The first-order valence-electron chi connectivity index (χ1n) is 14.5. The summed E-state index contributed by atoms with van der Waals surface area (Å²) >= 11 is 0. The number of aliphatic carboxylic acids is 1. The van der Waals surface area contributed by atoms with Gasteiger partial charge in [0.1, 0.15) is 23.5 Å². The van der Waals surface area contributed by atoms with Crippen LogP contribution in [0.25, 0.3) is 0 Å². The van der Waals surface area contributed by atoms with E-state index in [0.717, 1.165) is 31.4 Å². The van der Waals surface area contributed by atoms with E-state index in [1.807, 2.05) is 28.1 Å². The maximum absolute atomic E-state index is 13.3. The molecule has 4 fully saturated rings. The molecule has 7 atom stereocenters. The molecule has 2 saturated carbocycles. The number of benzene rings is 1. The average molecular weight is 586 g/mol. The van der Waals surface area contributed by atoms with Crippen molar-refractivity contribution in [1.82, 2.24) is 0 Å². The fraction of sp³-hybridized carbons (Fsp3) is 0.613. The van der Waals surface area contributed by atoms with Gasteiger partial charge in [-0.15, -0.1) is 0 Å². The number of amides is 1. The van der Waals surface area contributed by atoms with Gasteiger partial charge in [0.05, 0.1) is 39.3 Å². The number of rotatable bonds is 10. The molecule has 1 unspecified atom stereocenters. The summed E-state index contributed by atoms with van der Waals surface area (Å²) in [6.07, 6.45) is 5.26. The van der Waals surface area contributed by atoms with Gasteiger partial charge < -0.3 is 34.6 Å². The van der Waals surface area contributed by atoms with Gasteiger partial charge >= 0.3 is 11.9 Å². The van der Waals surface area contributed by atoms with E-state index in [0.29, 0.717) is 10.4 Å². The molecule has 0 aromatic heterocycles. The highest BCUT2D eigenvalue weighted by Crippen LogP contribution is 2.71. The molecule has 11 heteroatoms. The lowest BCUT2D eigenvalue weighted by Gasteiger charge is -2.55. The number of phenolic OH excluding ortho intramolecular Hbond substituents is 2. The second kappa shape index (κ2) is 10.1. The van der Waals surface area contributed by atoms with Crippen molar-refractivity contribution in [2.24, 2.45) is 22.7 Å². The van der Waals surface area contributed by atoms with Crippen molar-refractivity contribution in [3.63, 3.8) is 0 Å². The number of likely N-dealkylation sites (N-methyl/N-ethyl adjacent to an activating group) is 1. The molecule has 4 bridgehead atoms. The zero-order chi connectivity index (χ0) is 30.8.